The van der Waals surface area contributed by atoms with Crippen molar-refractivity contribution in [1.29, 1.82) is 0 Å². The molecule has 0 bridgehead atoms. The predicted molar refractivity (Wildman–Crippen MR) is 46.4 cm³/mol. The van der Waals surface area contributed by atoms with Crippen molar-refractivity contribution in [2.75, 3.05) is 12.5 Å². The van der Waals surface area contributed by atoms with Gasteiger partial charge in [-0.1, -0.05) is 13.5 Å². The minimum Gasteiger partial charge on any atom is -0.447 e. The molecule has 1 N–H and O–H groups in total. The summed E-state index contributed by atoms with van der Waals surface area (Å²) in [5, 5.41) is 11.1. The molecule has 0 aliphatic rings. The Labute approximate surface area is 76.4 Å². The largest absolute Gasteiger partial charge is 0.447 e. The molecule has 0 heterocycles. The smallest absolute Gasteiger partial charge is 0.427 e. The van der Waals surface area contributed by atoms with E-state index in [0.717, 1.165) is 0 Å². The van der Waals surface area contributed by atoms with Gasteiger partial charge in [0.1, 0.15) is 12.4 Å². The van der Waals surface area contributed by atoms with Crippen LogP contribution in [-0.4, -0.2) is 23.8 Å². The van der Waals surface area contributed by atoms with Crippen LogP contribution in [-0.2, 0) is 9.47 Å². The van der Waals surface area contributed by atoms with Gasteiger partial charge in [-0.2, -0.15) is 0 Å². The third kappa shape index (κ3) is 4.85. The van der Waals surface area contributed by atoms with Gasteiger partial charge < -0.3 is 14.7 Å². The average Bonchev–Trinajstić information content (AvgIpc) is 2.11. The first kappa shape index (κ1) is 11.1. The number of halogens is 1. The summed E-state index contributed by atoms with van der Waals surface area (Å²) in [6.07, 6.45) is 0.408. The standard InChI is InChI=1S/C7H12ClNO3/c1-3-6(2)12-7(9-10)11-5-4-8/h10H,2-5H2,1H3. The second-order valence-corrected chi connectivity index (χ2v) is 2.28. The van der Waals surface area contributed by atoms with Gasteiger partial charge in [-0.15, -0.1) is 11.6 Å². The van der Waals surface area contributed by atoms with Crippen LogP contribution in [0.25, 0.3) is 0 Å². The molecule has 4 nitrogen and oxygen atoms in total. The van der Waals surface area contributed by atoms with Crippen molar-refractivity contribution in [3.05, 3.63) is 12.3 Å². The third-order valence-electron chi connectivity index (χ3n) is 1.01. The van der Waals surface area contributed by atoms with Crippen LogP contribution in [0.1, 0.15) is 13.3 Å². The van der Waals surface area contributed by atoms with E-state index in [2.05, 4.69) is 11.7 Å². The molecular formula is C7H12ClNO3. The second-order valence-electron chi connectivity index (χ2n) is 1.90. The summed E-state index contributed by atoms with van der Waals surface area (Å²) >= 11 is 5.33. The molecular weight excluding hydrogens is 182 g/mol. The SMILES string of the molecule is C=C(CC)OC(=NO)OCCCl. The Morgan fingerprint density at radius 1 is 1.67 bits per heavy atom. The number of nitrogens with zero attached hydrogens (tertiary/aromatic N) is 1. The van der Waals surface area contributed by atoms with Crippen molar-refractivity contribution in [3.63, 3.8) is 0 Å². The van der Waals surface area contributed by atoms with Crippen LogP contribution in [0.15, 0.2) is 17.5 Å². The summed E-state index contributed by atoms with van der Waals surface area (Å²) in [6.45, 7) is 5.64. The molecule has 0 radical (unpaired) electrons. The van der Waals surface area contributed by atoms with Gasteiger partial charge in [0.25, 0.3) is 0 Å². The lowest BCUT2D eigenvalue weighted by Gasteiger charge is -2.07. The first-order chi connectivity index (χ1) is 5.74. The molecule has 0 aromatic rings. The highest BCUT2D eigenvalue weighted by molar-refractivity contribution is 6.18. The first-order valence-corrected chi connectivity index (χ1v) is 4.04. The maximum absolute atomic E-state index is 8.35. The lowest BCUT2D eigenvalue weighted by atomic mass is 10.4. The van der Waals surface area contributed by atoms with Gasteiger partial charge >= 0.3 is 6.08 Å². The summed E-state index contributed by atoms with van der Waals surface area (Å²) in [5.74, 6) is 0.776. The zero-order valence-electron chi connectivity index (χ0n) is 6.92. The van der Waals surface area contributed by atoms with Crippen LogP contribution < -0.4 is 0 Å². The van der Waals surface area contributed by atoms with Crippen LogP contribution in [0.2, 0.25) is 0 Å². The molecule has 0 amide bonds. The average molecular weight is 194 g/mol. The Hall–Kier alpha value is -0.900. The number of ether oxygens (including phenoxy) is 2. The molecule has 0 rings (SSSR count). The number of alkyl halides is 1. The van der Waals surface area contributed by atoms with E-state index in [0.29, 0.717) is 18.1 Å². The summed E-state index contributed by atoms with van der Waals surface area (Å²) in [7, 11) is 0. The van der Waals surface area contributed by atoms with Crippen molar-refractivity contribution >= 4 is 17.7 Å². The van der Waals surface area contributed by atoms with E-state index in [1.54, 1.807) is 0 Å². The van der Waals surface area contributed by atoms with Gasteiger partial charge in [-0.05, 0) is 5.16 Å². The minimum atomic E-state index is -0.220. The molecule has 12 heavy (non-hydrogen) atoms. The molecule has 0 aromatic carbocycles. The number of hydrogen-bond acceptors (Lipinski definition) is 4. The van der Waals surface area contributed by atoms with E-state index < -0.39 is 0 Å². The first-order valence-electron chi connectivity index (χ1n) is 3.51. The van der Waals surface area contributed by atoms with Crippen LogP contribution in [0.3, 0.4) is 0 Å². The van der Waals surface area contributed by atoms with Gasteiger partial charge in [-0.25, -0.2) is 0 Å². The van der Waals surface area contributed by atoms with Gasteiger partial charge in [0.15, 0.2) is 0 Å². The molecule has 0 atom stereocenters. The summed E-state index contributed by atoms with van der Waals surface area (Å²) in [6, 6.07) is 0. The maximum Gasteiger partial charge on any atom is 0.427 e. The van der Waals surface area contributed by atoms with E-state index in [9.17, 15) is 0 Å². The Morgan fingerprint density at radius 2 is 2.33 bits per heavy atom. The molecule has 0 aliphatic carbocycles. The molecule has 0 unspecified atom stereocenters. The normalized spacial score (nSPS) is 11.0. The van der Waals surface area contributed by atoms with E-state index in [1.807, 2.05) is 6.92 Å². The fraction of sp³-hybridized carbons (Fsp3) is 0.571. The zero-order valence-corrected chi connectivity index (χ0v) is 7.67. The molecule has 0 spiro atoms. The van der Waals surface area contributed by atoms with Crippen molar-refractivity contribution in [2.45, 2.75) is 13.3 Å². The second kappa shape index (κ2) is 6.79. The highest BCUT2D eigenvalue weighted by atomic mass is 35.5. The van der Waals surface area contributed by atoms with E-state index in [4.69, 9.17) is 26.3 Å². The topological polar surface area (TPSA) is 51.0 Å². The summed E-state index contributed by atoms with van der Waals surface area (Å²) < 4.78 is 9.67. The number of hydrogen-bond donors (Lipinski definition) is 1. The van der Waals surface area contributed by atoms with Crippen molar-refractivity contribution < 1.29 is 14.7 Å². The molecule has 0 aliphatic heterocycles. The van der Waals surface area contributed by atoms with Gasteiger partial charge in [0, 0.05) is 6.42 Å². The monoisotopic (exact) mass is 193 g/mol. The minimum absolute atomic E-state index is 0.220. The molecule has 70 valence electrons. The number of allylic oxidation sites excluding steroid dienone is 1. The quantitative estimate of drug-likeness (QED) is 0.185. The summed E-state index contributed by atoms with van der Waals surface area (Å²) in [4.78, 5) is 0. The Balaban J connectivity index is 3.76. The van der Waals surface area contributed by atoms with E-state index in [1.165, 1.54) is 0 Å². The fourth-order valence-electron chi connectivity index (χ4n) is 0.400. The van der Waals surface area contributed by atoms with Crippen molar-refractivity contribution in [2.24, 2.45) is 5.16 Å². The molecule has 5 heteroatoms. The summed E-state index contributed by atoms with van der Waals surface area (Å²) in [5.41, 5.74) is 0. The van der Waals surface area contributed by atoms with Crippen LogP contribution in [0, 0.1) is 0 Å². The van der Waals surface area contributed by atoms with Gasteiger partial charge in [0.05, 0.1) is 5.88 Å². The van der Waals surface area contributed by atoms with Crippen LogP contribution in [0.5, 0.6) is 0 Å². The predicted octanol–water partition coefficient (Wildman–Crippen LogP) is 1.93. The Kier molecular flexibility index (Phi) is 6.28. The van der Waals surface area contributed by atoms with Gasteiger partial charge in [-0.3, -0.25) is 0 Å². The van der Waals surface area contributed by atoms with E-state index >= 15 is 0 Å². The Morgan fingerprint density at radius 3 is 2.75 bits per heavy atom. The fourth-order valence-corrected chi connectivity index (χ4v) is 0.477. The number of rotatable bonds is 4. The maximum atomic E-state index is 8.35. The Bertz CT molecular complexity index is 170. The van der Waals surface area contributed by atoms with E-state index in [-0.39, 0.29) is 12.7 Å². The highest BCUT2D eigenvalue weighted by Gasteiger charge is 2.03. The molecule has 0 fully saturated rings. The lowest BCUT2D eigenvalue weighted by molar-refractivity contribution is 0.177. The lowest BCUT2D eigenvalue weighted by Crippen LogP contribution is -2.10. The zero-order chi connectivity index (χ0) is 9.40. The highest BCUT2D eigenvalue weighted by Crippen LogP contribution is 2.00. The number of oxime groups is 1. The molecule has 0 saturated heterocycles. The molecule has 0 saturated carbocycles. The van der Waals surface area contributed by atoms with Crippen LogP contribution >= 0.6 is 11.6 Å². The van der Waals surface area contributed by atoms with Gasteiger partial charge in [0.2, 0.25) is 0 Å². The van der Waals surface area contributed by atoms with Crippen molar-refractivity contribution in [1.82, 2.24) is 0 Å². The van der Waals surface area contributed by atoms with Crippen molar-refractivity contribution in [3.8, 4) is 0 Å². The van der Waals surface area contributed by atoms with Crippen LogP contribution in [0.4, 0.5) is 0 Å². The third-order valence-corrected chi connectivity index (χ3v) is 1.16. The molecule has 0 aromatic heterocycles.